The van der Waals surface area contributed by atoms with Gasteiger partial charge in [-0.1, -0.05) is 17.8 Å². The van der Waals surface area contributed by atoms with Crippen LogP contribution in [0.1, 0.15) is 18.5 Å². The fraction of sp³-hybridized carbons (Fsp3) is 0.214. The van der Waals surface area contributed by atoms with Gasteiger partial charge in [0, 0.05) is 29.0 Å². The van der Waals surface area contributed by atoms with Gasteiger partial charge >= 0.3 is 0 Å². The molecule has 20 heavy (non-hydrogen) atoms. The summed E-state index contributed by atoms with van der Waals surface area (Å²) >= 11 is 1.48. The van der Waals surface area contributed by atoms with Crippen molar-refractivity contribution in [3.63, 3.8) is 0 Å². The van der Waals surface area contributed by atoms with Crippen LogP contribution in [0.3, 0.4) is 0 Å². The molecule has 1 aromatic heterocycles. The molecule has 1 aromatic carbocycles. The Morgan fingerprint density at radius 3 is 2.40 bits per heavy atom. The molecular weight excluding hydrogens is 292 g/mol. The van der Waals surface area contributed by atoms with Gasteiger partial charge in [0.05, 0.1) is 4.90 Å². The predicted molar refractivity (Wildman–Crippen MR) is 80.5 cm³/mol. The van der Waals surface area contributed by atoms with Crippen molar-refractivity contribution in [2.45, 2.75) is 27.8 Å². The summed E-state index contributed by atoms with van der Waals surface area (Å²) in [6.07, 6.45) is 2.92. The van der Waals surface area contributed by atoms with Crippen LogP contribution < -0.4 is 5.73 Å². The summed E-state index contributed by atoms with van der Waals surface area (Å²) in [5.41, 5.74) is 6.89. The summed E-state index contributed by atoms with van der Waals surface area (Å²) in [7, 11) is -3.16. The van der Waals surface area contributed by atoms with Gasteiger partial charge in [-0.3, -0.25) is 0 Å². The number of nitrogens with two attached hydrogens (primary N) is 1. The van der Waals surface area contributed by atoms with Crippen LogP contribution in [0.15, 0.2) is 57.4 Å². The third-order valence-electron chi connectivity index (χ3n) is 2.76. The lowest BCUT2D eigenvalue weighted by Crippen LogP contribution is -2.07. The van der Waals surface area contributed by atoms with Crippen molar-refractivity contribution in [3.05, 3.63) is 48.2 Å². The van der Waals surface area contributed by atoms with Gasteiger partial charge in [0.1, 0.15) is 5.03 Å². The number of aromatic nitrogens is 1. The highest BCUT2D eigenvalue weighted by atomic mass is 32.2. The molecule has 0 fully saturated rings. The fourth-order valence-electron chi connectivity index (χ4n) is 1.70. The summed E-state index contributed by atoms with van der Waals surface area (Å²) in [6.45, 7) is 1.91. The Kier molecular flexibility index (Phi) is 4.47. The third-order valence-corrected chi connectivity index (χ3v) is 4.93. The van der Waals surface area contributed by atoms with Gasteiger partial charge in [-0.05, 0) is 37.3 Å². The van der Waals surface area contributed by atoms with Crippen molar-refractivity contribution >= 4 is 21.6 Å². The Morgan fingerprint density at radius 1 is 1.20 bits per heavy atom. The molecule has 0 amide bonds. The molecule has 2 N–H and O–H groups in total. The van der Waals surface area contributed by atoms with Crippen LogP contribution >= 0.6 is 11.8 Å². The highest BCUT2D eigenvalue weighted by Gasteiger charge is 2.10. The van der Waals surface area contributed by atoms with Gasteiger partial charge < -0.3 is 5.73 Å². The molecule has 2 aromatic rings. The van der Waals surface area contributed by atoms with E-state index in [-0.39, 0.29) is 6.04 Å². The number of pyridine rings is 1. The summed E-state index contributed by atoms with van der Waals surface area (Å²) in [5, 5.41) is 0.842. The van der Waals surface area contributed by atoms with Crippen LogP contribution in [0.4, 0.5) is 0 Å². The average molecular weight is 308 g/mol. The molecule has 1 unspecified atom stereocenters. The molecule has 1 atom stereocenters. The molecule has 106 valence electrons. The van der Waals surface area contributed by atoms with E-state index in [1.807, 2.05) is 19.1 Å². The van der Waals surface area contributed by atoms with E-state index in [4.69, 9.17) is 5.73 Å². The van der Waals surface area contributed by atoms with Gasteiger partial charge in [-0.15, -0.1) is 0 Å². The maximum absolute atomic E-state index is 11.4. The van der Waals surface area contributed by atoms with E-state index in [1.54, 1.807) is 30.5 Å². The fourth-order valence-corrected chi connectivity index (χ4v) is 3.31. The van der Waals surface area contributed by atoms with Gasteiger partial charge in [0.15, 0.2) is 9.84 Å². The van der Waals surface area contributed by atoms with E-state index in [1.165, 1.54) is 18.0 Å². The molecule has 0 bridgehead atoms. The van der Waals surface area contributed by atoms with Gasteiger partial charge in [-0.2, -0.15) is 0 Å². The second kappa shape index (κ2) is 5.95. The minimum absolute atomic E-state index is 0.0958. The Labute approximate surface area is 123 Å². The molecule has 0 aliphatic carbocycles. The predicted octanol–water partition coefficient (Wildman–Crippen LogP) is 2.66. The number of rotatable bonds is 4. The van der Waals surface area contributed by atoms with Crippen LogP contribution in [-0.2, 0) is 9.84 Å². The molecule has 0 aliphatic heterocycles. The van der Waals surface area contributed by atoms with Crippen molar-refractivity contribution in [1.29, 1.82) is 0 Å². The van der Waals surface area contributed by atoms with Crippen molar-refractivity contribution in [2.24, 2.45) is 5.73 Å². The largest absolute Gasteiger partial charge is 0.324 e. The Morgan fingerprint density at radius 2 is 1.85 bits per heavy atom. The second-order valence-electron chi connectivity index (χ2n) is 4.53. The Hall–Kier alpha value is -1.37. The molecule has 1 heterocycles. The Balaban J connectivity index is 2.27. The molecule has 0 saturated carbocycles. The topological polar surface area (TPSA) is 73.0 Å². The quantitative estimate of drug-likeness (QED) is 0.940. The Bertz CT molecular complexity index is 695. The lowest BCUT2D eigenvalue weighted by Gasteiger charge is -2.10. The minimum Gasteiger partial charge on any atom is -0.324 e. The molecule has 4 nitrogen and oxygen atoms in total. The monoisotopic (exact) mass is 308 g/mol. The number of sulfone groups is 1. The van der Waals surface area contributed by atoms with E-state index in [2.05, 4.69) is 4.98 Å². The van der Waals surface area contributed by atoms with E-state index >= 15 is 0 Å². The van der Waals surface area contributed by atoms with Crippen LogP contribution in [0, 0.1) is 0 Å². The van der Waals surface area contributed by atoms with E-state index in [0.717, 1.165) is 15.5 Å². The summed E-state index contributed by atoms with van der Waals surface area (Å²) in [5.74, 6) is 0. The van der Waals surface area contributed by atoms with E-state index in [0.29, 0.717) is 4.90 Å². The zero-order valence-electron chi connectivity index (χ0n) is 11.3. The van der Waals surface area contributed by atoms with Crippen LogP contribution in [0.2, 0.25) is 0 Å². The zero-order valence-corrected chi connectivity index (χ0v) is 12.9. The SMILES string of the molecule is CC(N)c1cccnc1Sc1ccc(S(C)(=O)=O)cc1. The maximum atomic E-state index is 11.4. The molecule has 2 rings (SSSR count). The molecule has 0 spiro atoms. The maximum Gasteiger partial charge on any atom is 0.175 e. The van der Waals surface area contributed by atoms with Crippen LogP contribution in [0.5, 0.6) is 0 Å². The molecular formula is C14H16N2O2S2. The number of benzene rings is 1. The smallest absolute Gasteiger partial charge is 0.175 e. The first-order valence-electron chi connectivity index (χ1n) is 6.06. The minimum atomic E-state index is -3.16. The summed E-state index contributed by atoms with van der Waals surface area (Å²) in [4.78, 5) is 5.57. The van der Waals surface area contributed by atoms with Gasteiger partial charge in [0.2, 0.25) is 0 Å². The van der Waals surface area contributed by atoms with Gasteiger partial charge in [-0.25, -0.2) is 13.4 Å². The lowest BCUT2D eigenvalue weighted by molar-refractivity contribution is 0.602. The first-order valence-corrected chi connectivity index (χ1v) is 8.77. The standard InChI is InChI=1S/C14H16N2O2S2/c1-10(15)13-4-3-9-16-14(13)19-11-5-7-12(8-6-11)20(2,17)18/h3-10H,15H2,1-2H3. The number of nitrogens with zero attached hydrogens (tertiary/aromatic N) is 1. The van der Waals surface area contributed by atoms with Crippen LogP contribution in [0.25, 0.3) is 0 Å². The highest BCUT2D eigenvalue weighted by molar-refractivity contribution is 7.99. The van der Waals surface area contributed by atoms with E-state index in [9.17, 15) is 8.42 Å². The number of hydrogen-bond acceptors (Lipinski definition) is 5. The molecule has 0 radical (unpaired) electrons. The number of hydrogen-bond donors (Lipinski definition) is 1. The zero-order chi connectivity index (χ0) is 14.8. The normalized spacial score (nSPS) is 13.2. The highest BCUT2D eigenvalue weighted by Crippen LogP contribution is 2.31. The second-order valence-corrected chi connectivity index (χ2v) is 7.61. The van der Waals surface area contributed by atoms with Crippen LogP contribution in [-0.4, -0.2) is 19.7 Å². The lowest BCUT2D eigenvalue weighted by atomic mass is 10.2. The first kappa shape index (κ1) is 15.0. The summed E-state index contributed by atoms with van der Waals surface area (Å²) < 4.78 is 22.8. The van der Waals surface area contributed by atoms with Gasteiger partial charge in [0.25, 0.3) is 0 Å². The molecule has 0 aliphatic rings. The van der Waals surface area contributed by atoms with E-state index < -0.39 is 9.84 Å². The van der Waals surface area contributed by atoms with Crippen molar-refractivity contribution in [2.75, 3.05) is 6.26 Å². The van der Waals surface area contributed by atoms with Crippen molar-refractivity contribution in [3.8, 4) is 0 Å². The van der Waals surface area contributed by atoms with Crippen molar-refractivity contribution in [1.82, 2.24) is 4.98 Å². The van der Waals surface area contributed by atoms with Crippen molar-refractivity contribution < 1.29 is 8.42 Å². The molecule has 0 saturated heterocycles. The third kappa shape index (κ3) is 3.59. The average Bonchev–Trinajstić information content (AvgIpc) is 2.38. The molecule has 6 heteroatoms. The summed E-state index contributed by atoms with van der Waals surface area (Å²) in [6, 6.07) is 10.5. The first-order chi connectivity index (χ1) is 9.38.